The van der Waals surface area contributed by atoms with Gasteiger partial charge in [0.15, 0.2) is 0 Å². The zero-order chi connectivity index (χ0) is 18.9. The summed E-state index contributed by atoms with van der Waals surface area (Å²) >= 11 is 1.70. The van der Waals surface area contributed by atoms with Crippen LogP contribution in [0.1, 0.15) is 21.5 Å². The smallest absolute Gasteiger partial charge is 0.255 e. The quantitative estimate of drug-likeness (QED) is 0.564. The van der Waals surface area contributed by atoms with Crippen molar-refractivity contribution in [2.75, 3.05) is 12.9 Å². The number of hydrogen-bond donors (Lipinski definition) is 1. The van der Waals surface area contributed by atoms with Crippen LogP contribution in [0.5, 0.6) is 5.75 Å². The molecule has 3 aromatic rings. The Labute approximate surface area is 164 Å². The van der Waals surface area contributed by atoms with Gasteiger partial charge in [-0.1, -0.05) is 54.6 Å². The molecule has 0 saturated heterocycles. The number of benzene rings is 3. The Balaban J connectivity index is 1.57. The summed E-state index contributed by atoms with van der Waals surface area (Å²) < 4.78 is 5.88. The monoisotopic (exact) mass is 377 g/mol. The fourth-order valence-electron chi connectivity index (χ4n) is 2.72. The average Bonchev–Trinajstić information content (AvgIpc) is 2.73. The molecular weight excluding hydrogens is 354 g/mol. The summed E-state index contributed by atoms with van der Waals surface area (Å²) in [5.41, 5.74) is 2.85. The van der Waals surface area contributed by atoms with Crippen LogP contribution in [0.25, 0.3) is 0 Å². The molecule has 1 N–H and O–H groups in total. The Morgan fingerprint density at radius 3 is 2.33 bits per heavy atom. The molecule has 3 nitrogen and oxygen atoms in total. The van der Waals surface area contributed by atoms with Crippen molar-refractivity contribution in [1.29, 1.82) is 0 Å². The molecule has 138 valence electrons. The maximum Gasteiger partial charge on any atom is 0.255 e. The summed E-state index contributed by atoms with van der Waals surface area (Å²) in [6.45, 7) is 1.02. The van der Waals surface area contributed by atoms with Crippen LogP contribution in [-0.4, -0.2) is 18.8 Å². The maximum absolute atomic E-state index is 12.6. The third-order valence-electron chi connectivity index (χ3n) is 4.23. The minimum absolute atomic E-state index is 0.126. The molecule has 3 rings (SSSR count). The number of amides is 1. The van der Waals surface area contributed by atoms with Crippen molar-refractivity contribution < 1.29 is 9.53 Å². The number of carbonyl (C=O) groups is 1. The molecule has 0 heterocycles. The molecule has 0 fully saturated rings. The zero-order valence-corrected chi connectivity index (χ0v) is 16.2. The molecule has 0 bridgehead atoms. The first-order chi connectivity index (χ1) is 13.3. The lowest BCUT2D eigenvalue weighted by molar-refractivity contribution is 0.0947. The Morgan fingerprint density at radius 1 is 0.889 bits per heavy atom. The second kappa shape index (κ2) is 9.83. The Morgan fingerprint density at radius 2 is 1.59 bits per heavy atom. The van der Waals surface area contributed by atoms with Crippen molar-refractivity contribution in [1.82, 2.24) is 5.32 Å². The molecule has 0 atom stereocenters. The second-order valence-corrected chi connectivity index (χ2v) is 6.99. The van der Waals surface area contributed by atoms with Crippen molar-refractivity contribution in [3.8, 4) is 5.75 Å². The van der Waals surface area contributed by atoms with Gasteiger partial charge in [0.2, 0.25) is 0 Å². The molecule has 0 saturated carbocycles. The molecule has 0 unspecified atom stereocenters. The molecule has 0 aliphatic rings. The number of thioether (sulfide) groups is 1. The van der Waals surface area contributed by atoms with Gasteiger partial charge in [0.05, 0.1) is 12.2 Å². The van der Waals surface area contributed by atoms with Crippen LogP contribution >= 0.6 is 11.8 Å². The average molecular weight is 378 g/mol. The van der Waals surface area contributed by atoms with Gasteiger partial charge in [0.25, 0.3) is 5.91 Å². The fraction of sp³-hybridized carbons (Fsp3) is 0.174. The molecule has 3 aromatic carbocycles. The minimum Gasteiger partial charge on any atom is -0.492 e. The number of rotatable bonds is 8. The van der Waals surface area contributed by atoms with Crippen molar-refractivity contribution in [3.05, 3.63) is 95.6 Å². The highest BCUT2D eigenvalue weighted by atomic mass is 32.2. The van der Waals surface area contributed by atoms with Gasteiger partial charge in [-0.05, 0) is 41.6 Å². The van der Waals surface area contributed by atoms with E-state index in [2.05, 4.69) is 29.6 Å². The predicted molar refractivity (Wildman–Crippen MR) is 111 cm³/mol. The zero-order valence-electron chi connectivity index (χ0n) is 15.4. The summed E-state index contributed by atoms with van der Waals surface area (Å²) in [4.78, 5) is 13.8. The normalized spacial score (nSPS) is 10.4. The number of nitrogens with one attached hydrogen (secondary N) is 1. The number of hydrogen-bond acceptors (Lipinski definition) is 3. The van der Waals surface area contributed by atoms with E-state index in [0.29, 0.717) is 24.5 Å². The lowest BCUT2D eigenvalue weighted by Gasteiger charge is -2.12. The third kappa shape index (κ3) is 5.63. The van der Waals surface area contributed by atoms with Crippen LogP contribution in [0.15, 0.2) is 83.8 Å². The van der Waals surface area contributed by atoms with Crippen LogP contribution in [0.2, 0.25) is 0 Å². The van der Waals surface area contributed by atoms with Crippen LogP contribution in [0.4, 0.5) is 0 Å². The van der Waals surface area contributed by atoms with E-state index >= 15 is 0 Å². The van der Waals surface area contributed by atoms with Gasteiger partial charge in [-0.2, -0.15) is 0 Å². The van der Waals surface area contributed by atoms with E-state index in [-0.39, 0.29) is 5.91 Å². The highest BCUT2D eigenvalue weighted by Crippen LogP contribution is 2.19. The van der Waals surface area contributed by atoms with Gasteiger partial charge in [-0.3, -0.25) is 4.79 Å². The molecule has 0 radical (unpaired) electrons. The molecule has 0 aliphatic heterocycles. The largest absolute Gasteiger partial charge is 0.492 e. The molecular formula is C23H23NO2S. The SMILES string of the molecule is CSc1ccc(CNC(=O)c2ccccc2OCCc2ccccc2)cc1. The highest BCUT2D eigenvalue weighted by molar-refractivity contribution is 7.98. The van der Waals surface area contributed by atoms with E-state index in [1.807, 2.05) is 54.8 Å². The number of para-hydroxylation sites is 1. The van der Waals surface area contributed by atoms with Crippen molar-refractivity contribution >= 4 is 17.7 Å². The number of carbonyl (C=O) groups excluding carboxylic acids is 1. The first kappa shape index (κ1) is 19.1. The standard InChI is InChI=1S/C23H23NO2S/c1-27-20-13-11-19(12-14-20)17-24-23(25)21-9-5-6-10-22(21)26-16-15-18-7-3-2-4-8-18/h2-14H,15-17H2,1H3,(H,24,25). The molecule has 0 aliphatic carbocycles. The molecule has 27 heavy (non-hydrogen) atoms. The molecule has 0 aromatic heterocycles. The van der Waals surface area contributed by atoms with E-state index in [9.17, 15) is 4.79 Å². The van der Waals surface area contributed by atoms with E-state index in [4.69, 9.17) is 4.74 Å². The Bertz CT molecular complexity index is 863. The summed E-state index contributed by atoms with van der Waals surface area (Å²) in [6.07, 6.45) is 2.85. The summed E-state index contributed by atoms with van der Waals surface area (Å²) in [6, 6.07) is 25.7. The lowest BCUT2D eigenvalue weighted by Crippen LogP contribution is -2.23. The van der Waals surface area contributed by atoms with Gasteiger partial charge in [-0.15, -0.1) is 11.8 Å². The topological polar surface area (TPSA) is 38.3 Å². The van der Waals surface area contributed by atoms with E-state index < -0.39 is 0 Å². The van der Waals surface area contributed by atoms with E-state index in [0.717, 1.165) is 12.0 Å². The first-order valence-corrected chi connectivity index (χ1v) is 10.2. The molecule has 4 heteroatoms. The van der Waals surface area contributed by atoms with E-state index in [1.54, 1.807) is 17.8 Å². The van der Waals surface area contributed by atoms with Crippen molar-refractivity contribution in [2.45, 2.75) is 17.9 Å². The molecule has 1 amide bonds. The van der Waals surface area contributed by atoms with Gasteiger partial charge in [0.1, 0.15) is 5.75 Å². The van der Waals surface area contributed by atoms with Crippen molar-refractivity contribution in [2.24, 2.45) is 0 Å². The van der Waals surface area contributed by atoms with Gasteiger partial charge in [0, 0.05) is 17.9 Å². The fourth-order valence-corrected chi connectivity index (χ4v) is 3.13. The first-order valence-electron chi connectivity index (χ1n) is 8.93. The Hall–Kier alpha value is -2.72. The second-order valence-electron chi connectivity index (χ2n) is 6.11. The van der Waals surface area contributed by atoms with Gasteiger partial charge >= 0.3 is 0 Å². The third-order valence-corrected chi connectivity index (χ3v) is 4.98. The van der Waals surface area contributed by atoms with Crippen molar-refractivity contribution in [3.63, 3.8) is 0 Å². The van der Waals surface area contributed by atoms with Gasteiger partial charge < -0.3 is 10.1 Å². The van der Waals surface area contributed by atoms with Gasteiger partial charge in [-0.25, -0.2) is 0 Å². The maximum atomic E-state index is 12.6. The van der Waals surface area contributed by atoms with Crippen LogP contribution < -0.4 is 10.1 Å². The highest BCUT2D eigenvalue weighted by Gasteiger charge is 2.12. The summed E-state index contributed by atoms with van der Waals surface area (Å²) in [5.74, 6) is 0.489. The van der Waals surface area contributed by atoms with Crippen LogP contribution in [-0.2, 0) is 13.0 Å². The summed E-state index contributed by atoms with van der Waals surface area (Å²) in [5, 5.41) is 2.98. The lowest BCUT2D eigenvalue weighted by atomic mass is 10.1. The number of ether oxygens (including phenoxy) is 1. The Kier molecular flexibility index (Phi) is 6.94. The molecule has 0 spiro atoms. The predicted octanol–water partition coefficient (Wildman–Crippen LogP) is 4.96. The van der Waals surface area contributed by atoms with E-state index in [1.165, 1.54) is 10.5 Å². The van der Waals surface area contributed by atoms with Crippen LogP contribution in [0.3, 0.4) is 0 Å². The summed E-state index contributed by atoms with van der Waals surface area (Å²) in [7, 11) is 0. The van der Waals surface area contributed by atoms with Crippen LogP contribution in [0, 0.1) is 0 Å². The minimum atomic E-state index is -0.126.